The number of allylic oxidation sites excluding steroid dienone is 1. The van der Waals surface area contributed by atoms with Crippen molar-refractivity contribution in [3.63, 3.8) is 0 Å². The van der Waals surface area contributed by atoms with Crippen molar-refractivity contribution in [1.82, 2.24) is 15.5 Å². The highest BCUT2D eigenvalue weighted by Crippen LogP contribution is 2.39. The lowest BCUT2D eigenvalue weighted by Gasteiger charge is -2.37. The van der Waals surface area contributed by atoms with E-state index in [1.807, 2.05) is 41.3 Å². The van der Waals surface area contributed by atoms with Crippen LogP contribution in [-0.4, -0.2) is 21.5 Å². The summed E-state index contributed by atoms with van der Waals surface area (Å²) in [5, 5.41) is 8.45. The molecule has 5 nitrogen and oxygen atoms in total. The van der Waals surface area contributed by atoms with Gasteiger partial charge >= 0.3 is 0 Å². The van der Waals surface area contributed by atoms with Crippen molar-refractivity contribution in [3.05, 3.63) is 102 Å². The highest BCUT2D eigenvalue weighted by Gasteiger charge is 2.34. The van der Waals surface area contributed by atoms with Gasteiger partial charge in [-0.15, -0.1) is 11.8 Å². The summed E-state index contributed by atoms with van der Waals surface area (Å²) in [7, 11) is 0. The van der Waals surface area contributed by atoms with Gasteiger partial charge in [-0.05, 0) is 79.8 Å². The lowest BCUT2D eigenvalue weighted by atomic mass is 9.94. The molecule has 0 amide bonds. The van der Waals surface area contributed by atoms with Crippen LogP contribution in [0.15, 0.2) is 94.0 Å². The molecule has 4 aromatic rings. The monoisotopic (exact) mass is 484 g/mol. The first-order valence-corrected chi connectivity index (χ1v) is 12.6. The Morgan fingerprint density at radius 1 is 0.971 bits per heavy atom. The summed E-state index contributed by atoms with van der Waals surface area (Å²) in [5.74, 6) is 1.04. The number of nitrogens with zero attached hydrogens (tertiary/aromatic N) is 3. The van der Waals surface area contributed by atoms with E-state index in [9.17, 15) is 0 Å². The first-order valence-electron chi connectivity index (χ1n) is 11.0. The minimum absolute atomic E-state index is 0.207. The molecular weight excluding hydrogens is 460 g/mol. The van der Waals surface area contributed by atoms with Crippen molar-refractivity contribution in [2.75, 3.05) is 11.2 Å². The minimum Gasteiger partial charge on any atom is -0.351 e. The summed E-state index contributed by atoms with van der Waals surface area (Å²) in [6, 6.07) is 26.4. The maximum atomic E-state index is 5.85. The quantitative estimate of drug-likeness (QED) is 0.252. The van der Waals surface area contributed by atoms with Crippen LogP contribution in [0.2, 0.25) is 0 Å². The third-order valence-corrected chi connectivity index (χ3v) is 6.93. The van der Waals surface area contributed by atoms with Crippen molar-refractivity contribution in [2.45, 2.75) is 24.8 Å². The average Bonchev–Trinajstić information content (AvgIpc) is 3.34. The molecule has 0 saturated heterocycles. The van der Waals surface area contributed by atoms with Crippen LogP contribution in [0.3, 0.4) is 0 Å². The van der Waals surface area contributed by atoms with Crippen LogP contribution < -0.4 is 10.2 Å². The number of benzene rings is 3. The molecule has 0 saturated carbocycles. The molecule has 0 fully saturated rings. The van der Waals surface area contributed by atoms with Gasteiger partial charge in [-0.25, -0.2) is 0 Å². The molecule has 0 spiro atoms. The maximum absolute atomic E-state index is 5.85. The Bertz CT molecular complexity index is 1360. The Kier molecular flexibility index (Phi) is 6.22. The molecule has 3 aromatic carbocycles. The second-order valence-electron chi connectivity index (χ2n) is 8.12. The largest absolute Gasteiger partial charge is 0.351 e. The van der Waals surface area contributed by atoms with Gasteiger partial charge in [-0.3, -0.25) is 4.90 Å². The van der Waals surface area contributed by atoms with Crippen molar-refractivity contribution in [3.8, 4) is 11.4 Å². The molecule has 0 aliphatic carbocycles. The molecule has 1 atom stereocenters. The number of thiocarbonyl (C=S) groups is 1. The molecule has 1 aliphatic rings. The van der Waals surface area contributed by atoms with Crippen LogP contribution in [0.5, 0.6) is 0 Å². The van der Waals surface area contributed by atoms with Gasteiger partial charge in [-0.2, -0.15) is 4.98 Å². The van der Waals surface area contributed by atoms with Crippen LogP contribution in [0.1, 0.15) is 30.0 Å². The normalized spacial score (nSPS) is 16.0. The van der Waals surface area contributed by atoms with E-state index in [0.29, 0.717) is 16.8 Å². The zero-order chi connectivity index (χ0) is 23.7. The maximum Gasteiger partial charge on any atom is 0.258 e. The van der Waals surface area contributed by atoms with E-state index < -0.39 is 0 Å². The van der Waals surface area contributed by atoms with Gasteiger partial charge in [0.15, 0.2) is 5.11 Å². The Morgan fingerprint density at radius 3 is 2.44 bits per heavy atom. The fraction of sp³-hybridized carbons (Fsp3) is 0.148. The van der Waals surface area contributed by atoms with E-state index >= 15 is 0 Å². The van der Waals surface area contributed by atoms with Crippen LogP contribution in [0.4, 0.5) is 5.69 Å². The highest BCUT2D eigenvalue weighted by molar-refractivity contribution is 7.98. The summed E-state index contributed by atoms with van der Waals surface area (Å²) in [4.78, 5) is 8.03. The van der Waals surface area contributed by atoms with Crippen LogP contribution in [0, 0.1) is 6.92 Å². The number of rotatable bonds is 5. The molecule has 5 rings (SSSR count). The van der Waals surface area contributed by atoms with Gasteiger partial charge in [0.25, 0.3) is 5.89 Å². The molecule has 1 aliphatic heterocycles. The number of hydrogen-bond donors (Lipinski definition) is 1. The second-order valence-corrected chi connectivity index (χ2v) is 9.38. The fourth-order valence-corrected chi connectivity index (χ4v) is 4.95. The topological polar surface area (TPSA) is 54.2 Å². The lowest BCUT2D eigenvalue weighted by molar-refractivity contribution is 0.404. The Morgan fingerprint density at radius 2 is 1.74 bits per heavy atom. The Labute approximate surface area is 208 Å². The number of aryl methyl sites for hydroxylation is 1. The number of hydrogen-bond acceptors (Lipinski definition) is 5. The molecule has 2 heterocycles. The van der Waals surface area contributed by atoms with Crippen molar-refractivity contribution in [1.29, 1.82) is 0 Å². The SMILES string of the molecule is CSc1ccc(-c2noc(C3=C(C)N(c4cccc(C)c4)C(=S)NC3c3ccccc3)n2)cc1. The molecule has 34 heavy (non-hydrogen) atoms. The van der Waals surface area contributed by atoms with Gasteiger partial charge < -0.3 is 9.84 Å². The molecule has 0 radical (unpaired) electrons. The standard InChI is InChI=1S/C27H24N4OS2/c1-17-8-7-11-21(16-17)31-18(2)23(24(28-27(31)33)19-9-5-4-6-10-19)26-29-25(30-32-26)20-12-14-22(34-3)15-13-20/h4-16,24H,1-3H3,(H,28,33). The van der Waals surface area contributed by atoms with Crippen LogP contribution >= 0.6 is 24.0 Å². The Balaban J connectivity index is 1.63. The molecule has 1 aromatic heterocycles. The smallest absolute Gasteiger partial charge is 0.258 e. The summed E-state index contributed by atoms with van der Waals surface area (Å²) >= 11 is 7.53. The van der Waals surface area contributed by atoms with E-state index in [4.69, 9.17) is 21.7 Å². The molecule has 7 heteroatoms. The van der Waals surface area contributed by atoms with E-state index in [-0.39, 0.29) is 6.04 Å². The lowest BCUT2D eigenvalue weighted by Crippen LogP contribution is -2.46. The van der Waals surface area contributed by atoms with E-state index in [1.54, 1.807) is 11.8 Å². The molecule has 1 unspecified atom stereocenters. The van der Waals surface area contributed by atoms with Gasteiger partial charge in [0.1, 0.15) is 0 Å². The summed E-state index contributed by atoms with van der Waals surface area (Å²) in [5.41, 5.74) is 6.00. The molecule has 170 valence electrons. The summed E-state index contributed by atoms with van der Waals surface area (Å²) in [6.07, 6.45) is 2.06. The zero-order valence-corrected chi connectivity index (χ0v) is 20.8. The second kappa shape index (κ2) is 9.44. The fourth-order valence-electron chi connectivity index (χ4n) is 4.18. The Hall–Kier alpha value is -3.42. The summed E-state index contributed by atoms with van der Waals surface area (Å²) < 4.78 is 5.85. The van der Waals surface area contributed by atoms with Crippen molar-refractivity contribution in [2.24, 2.45) is 0 Å². The van der Waals surface area contributed by atoms with E-state index in [0.717, 1.165) is 33.6 Å². The van der Waals surface area contributed by atoms with Crippen LogP contribution in [-0.2, 0) is 0 Å². The van der Waals surface area contributed by atoms with Gasteiger partial charge in [-0.1, -0.05) is 47.6 Å². The predicted molar refractivity (Wildman–Crippen MR) is 143 cm³/mol. The highest BCUT2D eigenvalue weighted by atomic mass is 32.2. The van der Waals surface area contributed by atoms with Crippen LogP contribution in [0.25, 0.3) is 17.0 Å². The molecule has 0 bridgehead atoms. The molecule has 1 N–H and O–H groups in total. The first kappa shape index (κ1) is 22.4. The van der Waals surface area contributed by atoms with E-state index in [1.165, 1.54) is 4.90 Å². The first-order chi connectivity index (χ1) is 16.5. The predicted octanol–water partition coefficient (Wildman–Crippen LogP) is 6.63. The third-order valence-electron chi connectivity index (χ3n) is 5.88. The number of thioether (sulfide) groups is 1. The van der Waals surface area contributed by atoms with Gasteiger partial charge in [0, 0.05) is 21.8 Å². The minimum atomic E-state index is -0.207. The molecular formula is C27H24N4OS2. The summed E-state index contributed by atoms with van der Waals surface area (Å²) in [6.45, 7) is 4.13. The van der Waals surface area contributed by atoms with Gasteiger partial charge in [0.2, 0.25) is 5.82 Å². The average molecular weight is 485 g/mol. The van der Waals surface area contributed by atoms with E-state index in [2.05, 4.69) is 73.0 Å². The third kappa shape index (κ3) is 4.24. The van der Waals surface area contributed by atoms with Crippen molar-refractivity contribution < 1.29 is 4.52 Å². The van der Waals surface area contributed by atoms with Crippen molar-refractivity contribution >= 4 is 40.4 Å². The number of aromatic nitrogens is 2. The number of nitrogens with one attached hydrogen (secondary N) is 1. The number of anilines is 1. The zero-order valence-electron chi connectivity index (χ0n) is 19.1. The van der Waals surface area contributed by atoms with Gasteiger partial charge in [0.05, 0.1) is 11.6 Å².